The van der Waals surface area contributed by atoms with Gasteiger partial charge < -0.3 is 14.8 Å². The minimum atomic E-state index is 0.278. The van der Waals surface area contributed by atoms with Crippen LogP contribution in [0.5, 0.6) is 11.5 Å². The summed E-state index contributed by atoms with van der Waals surface area (Å²) in [6.07, 6.45) is 3.67. The number of fused-ring (bicyclic) bond motifs is 1. The summed E-state index contributed by atoms with van der Waals surface area (Å²) >= 11 is 0. The van der Waals surface area contributed by atoms with Gasteiger partial charge in [-0.1, -0.05) is 0 Å². The van der Waals surface area contributed by atoms with E-state index in [2.05, 4.69) is 22.4 Å². The molecule has 1 aliphatic heterocycles. The van der Waals surface area contributed by atoms with Crippen molar-refractivity contribution in [2.45, 2.75) is 19.6 Å². The third-order valence-corrected chi connectivity index (χ3v) is 3.45. The van der Waals surface area contributed by atoms with Crippen molar-refractivity contribution in [2.24, 2.45) is 0 Å². The molecular formula is C16H18N2O2. The highest BCUT2D eigenvalue weighted by atomic mass is 16.5. The first-order valence-electron chi connectivity index (χ1n) is 6.73. The van der Waals surface area contributed by atoms with Gasteiger partial charge >= 0.3 is 0 Å². The number of aryl methyl sites for hydroxylation is 1. The van der Waals surface area contributed by atoms with E-state index in [9.17, 15) is 0 Å². The summed E-state index contributed by atoms with van der Waals surface area (Å²) in [6.45, 7) is 3.22. The zero-order valence-electron chi connectivity index (χ0n) is 11.7. The van der Waals surface area contributed by atoms with Crippen LogP contribution in [-0.4, -0.2) is 18.6 Å². The Bertz CT molecular complexity index is 613. The molecule has 3 rings (SSSR count). The monoisotopic (exact) mass is 270 g/mol. The SMILES string of the molecule is CNC1COc2cc(OCc3cncc(C)c3)ccc21. The van der Waals surface area contributed by atoms with E-state index in [1.807, 2.05) is 38.5 Å². The van der Waals surface area contributed by atoms with Crippen LogP contribution < -0.4 is 14.8 Å². The molecule has 0 radical (unpaired) electrons. The standard InChI is InChI=1S/C16H18N2O2/c1-11-5-12(8-18-7-11)9-19-13-3-4-14-15(17-2)10-20-16(14)6-13/h3-8,15,17H,9-10H2,1-2H3. The zero-order chi connectivity index (χ0) is 13.9. The second-order valence-electron chi connectivity index (χ2n) is 5.01. The number of aromatic nitrogens is 1. The maximum Gasteiger partial charge on any atom is 0.127 e. The number of hydrogen-bond donors (Lipinski definition) is 1. The number of likely N-dealkylation sites (N-methyl/N-ethyl adjacent to an activating group) is 1. The first-order chi connectivity index (χ1) is 9.76. The topological polar surface area (TPSA) is 43.4 Å². The van der Waals surface area contributed by atoms with Crippen molar-refractivity contribution in [1.82, 2.24) is 10.3 Å². The maximum absolute atomic E-state index is 5.80. The Morgan fingerprint density at radius 3 is 3.05 bits per heavy atom. The van der Waals surface area contributed by atoms with Crippen molar-refractivity contribution in [2.75, 3.05) is 13.7 Å². The molecule has 0 saturated heterocycles. The van der Waals surface area contributed by atoms with Crippen LogP contribution in [0.2, 0.25) is 0 Å². The molecule has 1 aromatic carbocycles. The molecule has 0 bridgehead atoms. The van der Waals surface area contributed by atoms with E-state index in [0.717, 1.165) is 22.6 Å². The summed E-state index contributed by atoms with van der Waals surface area (Å²) in [4.78, 5) is 4.16. The lowest BCUT2D eigenvalue weighted by Gasteiger charge is -2.09. The molecule has 0 spiro atoms. The second kappa shape index (κ2) is 5.51. The molecule has 0 saturated carbocycles. The summed E-state index contributed by atoms with van der Waals surface area (Å²) in [6, 6.07) is 8.36. The number of hydrogen-bond acceptors (Lipinski definition) is 4. The Morgan fingerprint density at radius 1 is 1.35 bits per heavy atom. The van der Waals surface area contributed by atoms with E-state index in [1.165, 1.54) is 5.56 Å². The Kier molecular flexibility index (Phi) is 3.56. The number of rotatable bonds is 4. The molecular weight excluding hydrogens is 252 g/mol. The third-order valence-electron chi connectivity index (χ3n) is 3.45. The van der Waals surface area contributed by atoms with Crippen LogP contribution in [0.1, 0.15) is 22.7 Å². The normalized spacial score (nSPS) is 16.6. The van der Waals surface area contributed by atoms with Gasteiger partial charge in [-0.3, -0.25) is 4.98 Å². The van der Waals surface area contributed by atoms with E-state index in [1.54, 1.807) is 0 Å². The molecule has 0 amide bonds. The van der Waals surface area contributed by atoms with Crippen LogP contribution in [0.3, 0.4) is 0 Å². The predicted octanol–water partition coefficient (Wildman–Crippen LogP) is 2.62. The quantitative estimate of drug-likeness (QED) is 0.927. The minimum Gasteiger partial charge on any atom is -0.491 e. The van der Waals surface area contributed by atoms with Gasteiger partial charge in [0.05, 0.1) is 6.04 Å². The van der Waals surface area contributed by atoms with Crippen LogP contribution in [0, 0.1) is 6.92 Å². The highest BCUT2D eigenvalue weighted by molar-refractivity contribution is 5.45. The van der Waals surface area contributed by atoms with Crippen molar-refractivity contribution < 1.29 is 9.47 Å². The Balaban J connectivity index is 1.70. The van der Waals surface area contributed by atoms with Crippen molar-refractivity contribution in [3.63, 3.8) is 0 Å². The van der Waals surface area contributed by atoms with Gasteiger partial charge in [0.25, 0.3) is 0 Å². The molecule has 1 N–H and O–H groups in total. The number of benzene rings is 1. The summed E-state index contributed by atoms with van der Waals surface area (Å²) in [5.41, 5.74) is 3.40. The third kappa shape index (κ3) is 2.60. The van der Waals surface area contributed by atoms with E-state index < -0.39 is 0 Å². The molecule has 1 aromatic heterocycles. The van der Waals surface area contributed by atoms with Crippen molar-refractivity contribution in [3.8, 4) is 11.5 Å². The molecule has 2 aromatic rings. The van der Waals surface area contributed by atoms with Gasteiger partial charge in [0.2, 0.25) is 0 Å². The highest BCUT2D eigenvalue weighted by Crippen LogP contribution is 2.35. The second-order valence-corrected chi connectivity index (χ2v) is 5.01. The van der Waals surface area contributed by atoms with Gasteiger partial charge in [-0.2, -0.15) is 0 Å². The molecule has 1 aliphatic rings. The molecule has 1 atom stereocenters. The van der Waals surface area contributed by atoms with Crippen LogP contribution in [0.4, 0.5) is 0 Å². The number of ether oxygens (including phenoxy) is 2. The fourth-order valence-electron chi connectivity index (χ4n) is 2.38. The Morgan fingerprint density at radius 2 is 2.25 bits per heavy atom. The molecule has 4 heteroatoms. The summed E-state index contributed by atoms with van der Waals surface area (Å²) in [5.74, 6) is 1.73. The van der Waals surface area contributed by atoms with Crippen molar-refractivity contribution in [1.29, 1.82) is 0 Å². The summed E-state index contributed by atoms with van der Waals surface area (Å²) in [5, 5.41) is 3.23. The molecule has 20 heavy (non-hydrogen) atoms. The number of nitrogens with zero attached hydrogens (tertiary/aromatic N) is 1. The average molecular weight is 270 g/mol. The van der Waals surface area contributed by atoms with E-state index in [4.69, 9.17) is 9.47 Å². The van der Waals surface area contributed by atoms with E-state index in [0.29, 0.717) is 13.2 Å². The molecule has 0 fully saturated rings. The van der Waals surface area contributed by atoms with Crippen LogP contribution in [0.25, 0.3) is 0 Å². The van der Waals surface area contributed by atoms with Crippen molar-refractivity contribution in [3.05, 3.63) is 53.3 Å². The van der Waals surface area contributed by atoms with E-state index in [-0.39, 0.29) is 6.04 Å². The molecule has 0 aliphatic carbocycles. The predicted molar refractivity (Wildman–Crippen MR) is 77.0 cm³/mol. The molecule has 2 heterocycles. The molecule has 104 valence electrons. The van der Waals surface area contributed by atoms with Crippen LogP contribution in [-0.2, 0) is 6.61 Å². The highest BCUT2D eigenvalue weighted by Gasteiger charge is 2.22. The van der Waals surface area contributed by atoms with Gasteiger partial charge in [-0.15, -0.1) is 0 Å². The number of nitrogens with one attached hydrogen (secondary N) is 1. The van der Waals surface area contributed by atoms with Crippen LogP contribution >= 0.6 is 0 Å². The Hall–Kier alpha value is -2.07. The first-order valence-corrected chi connectivity index (χ1v) is 6.73. The minimum absolute atomic E-state index is 0.278. The van der Waals surface area contributed by atoms with Gasteiger partial charge in [0, 0.05) is 29.6 Å². The van der Waals surface area contributed by atoms with E-state index >= 15 is 0 Å². The fourth-order valence-corrected chi connectivity index (χ4v) is 2.38. The van der Waals surface area contributed by atoms with Gasteiger partial charge in [0.15, 0.2) is 0 Å². The molecule has 1 unspecified atom stereocenters. The maximum atomic E-state index is 5.80. The summed E-state index contributed by atoms with van der Waals surface area (Å²) < 4.78 is 11.5. The van der Waals surface area contributed by atoms with Crippen LogP contribution in [0.15, 0.2) is 36.7 Å². The lowest BCUT2D eigenvalue weighted by Crippen LogP contribution is -2.17. The van der Waals surface area contributed by atoms with Gasteiger partial charge in [-0.25, -0.2) is 0 Å². The van der Waals surface area contributed by atoms with Gasteiger partial charge in [-0.05, 0) is 37.7 Å². The molecule has 4 nitrogen and oxygen atoms in total. The first kappa shape index (κ1) is 12.9. The lowest BCUT2D eigenvalue weighted by atomic mass is 10.1. The zero-order valence-corrected chi connectivity index (χ0v) is 11.7. The largest absolute Gasteiger partial charge is 0.491 e. The smallest absolute Gasteiger partial charge is 0.127 e. The summed E-state index contributed by atoms with van der Waals surface area (Å²) in [7, 11) is 1.94. The lowest BCUT2D eigenvalue weighted by molar-refractivity contribution is 0.298. The average Bonchev–Trinajstić information content (AvgIpc) is 2.87. The Labute approximate surface area is 118 Å². The number of pyridine rings is 1. The fraction of sp³-hybridized carbons (Fsp3) is 0.312. The van der Waals surface area contributed by atoms with Crippen molar-refractivity contribution >= 4 is 0 Å². The van der Waals surface area contributed by atoms with Gasteiger partial charge in [0.1, 0.15) is 24.7 Å².